The average molecular weight is 430 g/mol. The summed E-state index contributed by atoms with van der Waals surface area (Å²) in [6.07, 6.45) is 6.90. The fraction of sp³-hybridized carbons (Fsp3) is 0.562. The van der Waals surface area contributed by atoms with Crippen LogP contribution in [0.25, 0.3) is 5.65 Å². The van der Waals surface area contributed by atoms with Gasteiger partial charge in [-0.2, -0.15) is 0 Å². The van der Waals surface area contributed by atoms with E-state index in [4.69, 9.17) is 0 Å². The van der Waals surface area contributed by atoms with Crippen molar-refractivity contribution in [1.29, 1.82) is 0 Å². The lowest BCUT2D eigenvalue weighted by Crippen LogP contribution is -2.42. The molecule has 1 unspecified atom stereocenters. The van der Waals surface area contributed by atoms with E-state index < -0.39 is 0 Å². The summed E-state index contributed by atoms with van der Waals surface area (Å²) in [5.74, 6) is 1.67. The van der Waals surface area contributed by atoms with Gasteiger partial charge in [0.15, 0.2) is 17.4 Å². The van der Waals surface area contributed by atoms with Gasteiger partial charge in [-0.25, -0.2) is 0 Å². The van der Waals surface area contributed by atoms with Gasteiger partial charge < -0.3 is 10.6 Å². The van der Waals surface area contributed by atoms with Crippen molar-refractivity contribution in [1.82, 2.24) is 25.2 Å². The SMILES string of the molecule is CCCCCC(C)NC(=NC)NCc1nnc2ccccn12.I. The van der Waals surface area contributed by atoms with Crippen molar-refractivity contribution in [3.8, 4) is 0 Å². The molecule has 7 heteroatoms. The molecule has 23 heavy (non-hydrogen) atoms. The highest BCUT2D eigenvalue weighted by molar-refractivity contribution is 14.0. The maximum absolute atomic E-state index is 4.27. The van der Waals surface area contributed by atoms with Crippen LogP contribution < -0.4 is 10.6 Å². The van der Waals surface area contributed by atoms with Crippen molar-refractivity contribution in [2.24, 2.45) is 4.99 Å². The lowest BCUT2D eigenvalue weighted by Gasteiger charge is -2.17. The third-order valence-electron chi connectivity index (χ3n) is 3.65. The molecule has 0 aliphatic heterocycles. The van der Waals surface area contributed by atoms with Crippen LogP contribution in [-0.4, -0.2) is 33.6 Å². The lowest BCUT2D eigenvalue weighted by molar-refractivity contribution is 0.546. The monoisotopic (exact) mass is 430 g/mol. The Morgan fingerprint density at radius 2 is 2.13 bits per heavy atom. The van der Waals surface area contributed by atoms with Crippen LogP contribution in [-0.2, 0) is 6.54 Å². The Kier molecular flexibility index (Phi) is 8.90. The fourth-order valence-corrected chi connectivity index (χ4v) is 2.37. The van der Waals surface area contributed by atoms with E-state index in [0.717, 1.165) is 23.9 Å². The first-order valence-corrected chi connectivity index (χ1v) is 8.00. The van der Waals surface area contributed by atoms with Gasteiger partial charge in [-0.05, 0) is 25.5 Å². The van der Waals surface area contributed by atoms with Gasteiger partial charge in [0.05, 0.1) is 6.54 Å². The van der Waals surface area contributed by atoms with Crippen LogP contribution in [0.3, 0.4) is 0 Å². The third kappa shape index (κ3) is 5.96. The summed E-state index contributed by atoms with van der Waals surface area (Å²) >= 11 is 0. The summed E-state index contributed by atoms with van der Waals surface area (Å²) in [6.45, 7) is 5.00. The van der Waals surface area contributed by atoms with Gasteiger partial charge in [0, 0.05) is 19.3 Å². The fourth-order valence-electron chi connectivity index (χ4n) is 2.37. The molecule has 0 radical (unpaired) electrons. The van der Waals surface area contributed by atoms with Crippen LogP contribution in [0.2, 0.25) is 0 Å². The molecule has 0 saturated heterocycles. The van der Waals surface area contributed by atoms with Crippen molar-refractivity contribution >= 4 is 35.6 Å². The van der Waals surface area contributed by atoms with Crippen LogP contribution in [0.15, 0.2) is 29.4 Å². The molecule has 128 valence electrons. The quantitative estimate of drug-likeness (QED) is 0.307. The van der Waals surface area contributed by atoms with Gasteiger partial charge in [-0.15, -0.1) is 34.2 Å². The highest BCUT2D eigenvalue weighted by Gasteiger charge is 2.08. The number of guanidine groups is 1. The molecule has 2 N–H and O–H groups in total. The summed E-state index contributed by atoms with van der Waals surface area (Å²) in [4.78, 5) is 4.27. The predicted octanol–water partition coefficient (Wildman–Crippen LogP) is 2.98. The Hall–Kier alpha value is -1.38. The second-order valence-electron chi connectivity index (χ2n) is 5.51. The van der Waals surface area contributed by atoms with Gasteiger partial charge in [-0.1, -0.05) is 32.3 Å². The Morgan fingerprint density at radius 1 is 1.30 bits per heavy atom. The molecule has 0 aromatic carbocycles. The number of rotatable bonds is 7. The van der Waals surface area contributed by atoms with Crippen molar-refractivity contribution < 1.29 is 0 Å². The molecule has 2 aromatic heterocycles. The van der Waals surface area contributed by atoms with E-state index in [9.17, 15) is 0 Å². The molecule has 2 aromatic rings. The van der Waals surface area contributed by atoms with Crippen molar-refractivity contribution in [3.05, 3.63) is 30.2 Å². The summed E-state index contributed by atoms with van der Waals surface area (Å²) in [6, 6.07) is 6.29. The number of fused-ring (bicyclic) bond motifs is 1. The van der Waals surface area contributed by atoms with E-state index in [2.05, 4.69) is 39.7 Å². The highest BCUT2D eigenvalue weighted by atomic mass is 127. The molecule has 0 amide bonds. The number of aromatic nitrogens is 3. The maximum atomic E-state index is 4.27. The van der Waals surface area contributed by atoms with Gasteiger partial charge >= 0.3 is 0 Å². The topological polar surface area (TPSA) is 66.6 Å². The van der Waals surface area contributed by atoms with Crippen LogP contribution in [0.4, 0.5) is 0 Å². The first-order chi connectivity index (χ1) is 10.7. The number of nitrogens with one attached hydrogen (secondary N) is 2. The van der Waals surface area contributed by atoms with E-state index in [-0.39, 0.29) is 24.0 Å². The highest BCUT2D eigenvalue weighted by Crippen LogP contribution is 2.04. The average Bonchev–Trinajstić information content (AvgIpc) is 2.95. The van der Waals surface area contributed by atoms with Gasteiger partial charge in [0.25, 0.3) is 0 Å². The second-order valence-corrected chi connectivity index (χ2v) is 5.51. The number of pyridine rings is 1. The van der Waals surface area contributed by atoms with E-state index in [1.165, 1.54) is 19.3 Å². The zero-order chi connectivity index (χ0) is 15.8. The number of aliphatic imine (C=N–C) groups is 1. The molecule has 1 atom stereocenters. The largest absolute Gasteiger partial charge is 0.354 e. The molecular weight excluding hydrogens is 403 g/mol. The van der Waals surface area contributed by atoms with E-state index in [0.29, 0.717) is 12.6 Å². The van der Waals surface area contributed by atoms with Crippen molar-refractivity contribution in [2.75, 3.05) is 7.05 Å². The molecule has 0 spiro atoms. The summed E-state index contributed by atoms with van der Waals surface area (Å²) in [5, 5.41) is 15.1. The van der Waals surface area contributed by atoms with Gasteiger partial charge in [-0.3, -0.25) is 9.39 Å². The normalized spacial score (nSPS) is 12.7. The smallest absolute Gasteiger partial charge is 0.191 e. The van der Waals surface area contributed by atoms with Crippen LogP contribution in [0.1, 0.15) is 45.4 Å². The Labute approximate surface area is 155 Å². The zero-order valence-electron chi connectivity index (χ0n) is 14.1. The van der Waals surface area contributed by atoms with Crippen molar-refractivity contribution in [2.45, 2.75) is 52.1 Å². The molecular formula is C16H27IN6. The Balaban J connectivity index is 0.00000264. The Bertz CT molecular complexity index is 609. The predicted molar refractivity (Wildman–Crippen MR) is 105 cm³/mol. The third-order valence-corrected chi connectivity index (χ3v) is 3.65. The standard InChI is InChI=1S/C16H26N6.HI/c1-4-5-6-9-13(2)19-16(17-3)18-12-15-21-20-14-10-7-8-11-22(14)15;/h7-8,10-11,13H,4-6,9,12H2,1-3H3,(H2,17,18,19);1H. The minimum Gasteiger partial charge on any atom is -0.354 e. The lowest BCUT2D eigenvalue weighted by atomic mass is 10.1. The number of hydrogen-bond acceptors (Lipinski definition) is 3. The number of hydrogen-bond donors (Lipinski definition) is 2. The molecule has 0 saturated carbocycles. The molecule has 2 heterocycles. The minimum atomic E-state index is 0. The van der Waals surface area contributed by atoms with Crippen LogP contribution in [0, 0.1) is 0 Å². The number of unbranched alkanes of at least 4 members (excludes halogenated alkanes) is 2. The Morgan fingerprint density at radius 3 is 2.87 bits per heavy atom. The maximum Gasteiger partial charge on any atom is 0.191 e. The first-order valence-electron chi connectivity index (χ1n) is 8.00. The molecule has 0 aliphatic carbocycles. The summed E-state index contributed by atoms with van der Waals surface area (Å²) in [5.41, 5.74) is 0.857. The zero-order valence-corrected chi connectivity index (χ0v) is 16.4. The molecule has 6 nitrogen and oxygen atoms in total. The second kappa shape index (κ2) is 10.4. The van der Waals surface area contributed by atoms with E-state index in [1.54, 1.807) is 7.05 Å². The molecule has 0 bridgehead atoms. The number of nitrogens with zero attached hydrogens (tertiary/aromatic N) is 4. The summed E-state index contributed by atoms with van der Waals surface area (Å²) < 4.78 is 1.98. The first kappa shape index (κ1) is 19.7. The molecule has 0 fully saturated rings. The number of halogens is 1. The summed E-state index contributed by atoms with van der Waals surface area (Å²) in [7, 11) is 1.79. The van der Waals surface area contributed by atoms with E-state index >= 15 is 0 Å². The van der Waals surface area contributed by atoms with Gasteiger partial charge in [0.1, 0.15) is 0 Å². The minimum absolute atomic E-state index is 0. The van der Waals surface area contributed by atoms with E-state index in [1.807, 2.05) is 28.8 Å². The molecule has 2 rings (SSSR count). The van der Waals surface area contributed by atoms with Gasteiger partial charge in [0.2, 0.25) is 0 Å². The molecule has 0 aliphatic rings. The van der Waals surface area contributed by atoms with Crippen LogP contribution >= 0.6 is 24.0 Å². The van der Waals surface area contributed by atoms with Crippen molar-refractivity contribution in [3.63, 3.8) is 0 Å². The van der Waals surface area contributed by atoms with Crippen LogP contribution in [0.5, 0.6) is 0 Å².